The average Bonchev–Trinajstić information content (AvgIpc) is 2.43. The molecule has 21 heavy (non-hydrogen) atoms. The molecular formula is C19H42N2. The van der Waals surface area contributed by atoms with E-state index in [9.17, 15) is 0 Å². The lowest BCUT2D eigenvalue weighted by atomic mass is 9.95. The summed E-state index contributed by atoms with van der Waals surface area (Å²) in [6.45, 7) is 12.8. The first kappa shape index (κ1) is 20.9. The molecule has 2 heteroatoms. The minimum Gasteiger partial charge on any atom is -0.306 e. The Kier molecular flexibility index (Phi) is 13.5. The van der Waals surface area contributed by atoms with E-state index in [0.717, 1.165) is 12.0 Å². The fourth-order valence-corrected chi connectivity index (χ4v) is 3.04. The lowest BCUT2D eigenvalue weighted by Gasteiger charge is -2.33. The lowest BCUT2D eigenvalue weighted by Crippen LogP contribution is -2.36. The van der Waals surface area contributed by atoms with Crippen LogP contribution >= 0.6 is 0 Å². The Morgan fingerprint density at radius 1 is 0.857 bits per heavy atom. The molecule has 2 heterocycles. The van der Waals surface area contributed by atoms with Crippen LogP contribution in [0.1, 0.15) is 79.1 Å². The van der Waals surface area contributed by atoms with E-state index in [1.807, 2.05) is 0 Å². The van der Waals surface area contributed by atoms with Gasteiger partial charge in [-0.15, -0.1) is 0 Å². The summed E-state index contributed by atoms with van der Waals surface area (Å²) in [6, 6.07) is 0.878. The van der Waals surface area contributed by atoms with Gasteiger partial charge in [0.15, 0.2) is 0 Å². The van der Waals surface area contributed by atoms with Gasteiger partial charge < -0.3 is 9.80 Å². The van der Waals surface area contributed by atoms with E-state index < -0.39 is 0 Å². The standard InChI is InChI=1S/C10H21N.C6H13N.C3H8/c1-9(2)8-10-6-4-5-7-11(10)3;1-7-5-3-2-4-6-7;1-3-2/h9-10H,4-8H2,1-3H3;2-6H2,1H3;3H2,1-2H3/t10-;;/m0../s1. The van der Waals surface area contributed by atoms with E-state index in [1.54, 1.807) is 0 Å². The van der Waals surface area contributed by atoms with Gasteiger partial charge in [0.2, 0.25) is 0 Å². The first-order valence-electron chi connectivity index (χ1n) is 9.39. The predicted molar refractivity (Wildman–Crippen MR) is 97.0 cm³/mol. The van der Waals surface area contributed by atoms with E-state index in [1.165, 1.54) is 71.0 Å². The third-order valence-corrected chi connectivity index (χ3v) is 4.24. The first-order chi connectivity index (χ1) is 10.0. The van der Waals surface area contributed by atoms with Crippen LogP contribution in [0, 0.1) is 5.92 Å². The molecule has 128 valence electrons. The average molecular weight is 299 g/mol. The molecule has 2 nitrogen and oxygen atoms in total. The number of hydrogen-bond acceptors (Lipinski definition) is 2. The van der Waals surface area contributed by atoms with Gasteiger partial charge in [-0.1, -0.05) is 47.0 Å². The van der Waals surface area contributed by atoms with Gasteiger partial charge in [0.05, 0.1) is 0 Å². The Balaban J connectivity index is 0.000000342. The molecule has 1 atom stereocenters. The zero-order valence-corrected chi connectivity index (χ0v) is 15.8. The van der Waals surface area contributed by atoms with E-state index >= 15 is 0 Å². The van der Waals surface area contributed by atoms with Gasteiger partial charge in [-0.05, 0) is 71.8 Å². The first-order valence-corrected chi connectivity index (χ1v) is 9.39. The highest BCUT2D eigenvalue weighted by atomic mass is 15.1. The van der Waals surface area contributed by atoms with Crippen LogP contribution in [0.15, 0.2) is 0 Å². The Bertz CT molecular complexity index is 210. The molecule has 2 saturated heterocycles. The zero-order chi connectivity index (χ0) is 16.1. The van der Waals surface area contributed by atoms with Crippen LogP contribution in [0.4, 0.5) is 0 Å². The van der Waals surface area contributed by atoms with Gasteiger partial charge in [-0.25, -0.2) is 0 Å². The Morgan fingerprint density at radius 3 is 1.76 bits per heavy atom. The molecule has 0 aromatic carbocycles. The second-order valence-electron chi connectivity index (χ2n) is 7.33. The quantitative estimate of drug-likeness (QED) is 0.705. The topological polar surface area (TPSA) is 6.48 Å². The highest BCUT2D eigenvalue weighted by Gasteiger charge is 2.19. The molecule has 0 radical (unpaired) electrons. The maximum Gasteiger partial charge on any atom is 0.00946 e. The van der Waals surface area contributed by atoms with Gasteiger partial charge in [-0.2, -0.15) is 0 Å². The monoisotopic (exact) mass is 298 g/mol. The molecule has 0 aromatic heterocycles. The van der Waals surface area contributed by atoms with Crippen molar-refractivity contribution < 1.29 is 0 Å². The highest BCUT2D eigenvalue weighted by Crippen LogP contribution is 2.20. The van der Waals surface area contributed by atoms with Crippen LogP contribution in [0.2, 0.25) is 0 Å². The highest BCUT2D eigenvalue weighted by molar-refractivity contribution is 4.74. The Hall–Kier alpha value is -0.0800. The Labute approximate surface area is 135 Å². The van der Waals surface area contributed by atoms with Crippen molar-refractivity contribution >= 4 is 0 Å². The third kappa shape index (κ3) is 12.2. The summed E-state index contributed by atoms with van der Waals surface area (Å²) >= 11 is 0. The van der Waals surface area contributed by atoms with Crippen molar-refractivity contribution in [2.45, 2.75) is 85.1 Å². The molecular weight excluding hydrogens is 256 g/mol. The fraction of sp³-hybridized carbons (Fsp3) is 1.00. The van der Waals surface area contributed by atoms with Crippen molar-refractivity contribution in [3.8, 4) is 0 Å². The summed E-state index contributed by atoms with van der Waals surface area (Å²) in [4.78, 5) is 4.92. The van der Waals surface area contributed by atoms with Crippen molar-refractivity contribution in [2.75, 3.05) is 33.7 Å². The predicted octanol–water partition coefficient (Wildman–Crippen LogP) is 5.04. The van der Waals surface area contributed by atoms with E-state index in [0.29, 0.717) is 0 Å². The maximum absolute atomic E-state index is 2.53. The van der Waals surface area contributed by atoms with Crippen LogP contribution in [0.25, 0.3) is 0 Å². The van der Waals surface area contributed by atoms with Crippen LogP contribution in [0.5, 0.6) is 0 Å². The van der Waals surface area contributed by atoms with Crippen molar-refractivity contribution in [2.24, 2.45) is 5.92 Å². The number of hydrogen-bond donors (Lipinski definition) is 0. The summed E-state index contributed by atoms with van der Waals surface area (Å²) in [5.74, 6) is 0.862. The molecule has 2 aliphatic heterocycles. The summed E-state index contributed by atoms with van der Waals surface area (Å²) in [6.07, 6.45) is 11.2. The van der Waals surface area contributed by atoms with Crippen LogP contribution in [-0.4, -0.2) is 49.6 Å². The molecule has 0 saturated carbocycles. The number of nitrogens with zero attached hydrogens (tertiary/aromatic N) is 2. The van der Waals surface area contributed by atoms with E-state index in [-0.39, 0.29) is 0 Å². The summed E-state index contributed by atoms with van der Waals surface area (Å²) in [7, 11) is 4.46. The minimum absolute atomic E-state index is 0.862. The molecule has 0 aliphatic carbocycles. The van der Waals surface area contributed by atoms with Gasteiger partial charge in [-0.3, -0.25) is 0 Å². The third-order valence-electron chi connectivity index (χ3n) is 4.24. The lowest BCUT2D eigenvalue weighted by molar-refractivity contribution is 0.163. The molecule has 0 bridgehead atoms. The van der Waals surface area contributed by atoms with E-state index in [2.05, 4.69) is 51.6 Å². The normalized spacial score (nSPS) is 23.9. The number of rotatable bonds is 2. The van der Waals surface area contributed by atoms with E-state index in [4.69, 9.17) is 0 Å². The second-order valence-corrected chi connectivity index (χ2v) is 7.33. The van der Waals surface area contributed by atoms with Crippen LogP contribution in [-0.2, 0) is 0 Å². The SMILES string of the molecule is CC(C)C[C@@H]1CCCCN1C.CCC.CN1CCCCC1. The van der Waals surface area contributed by atoms with Gasteiger partial charge in [0, 0.05) is 6.04 Å². The van der Waals surface area contributed by atoms with Crippen molar-refractivity contribution in [1.82, 2.24) is 9.80 Å². The molecule has 0 aromatic rings. The molecule has 0 amide bonds. The van der Waals surface area contributed by atoms with Gasteiger partial charge in [0.25, 0.3) is 0 Å². The minimum atomic E-state index is 0.862. The second kappa shape index (κ2) is 13.6. The molecule has 2 aliphatic rings. The van der Waals surface area contributed by atoms with Crippen molar-refractivity contribution in [3.05, 3.63) is 0 Å². The maximum atomic E-state index is 2.53. The van der Waals surface area contributed by atoms with Crippen molar-refractivity contribution in [3.63, 3.8) is 0 Å². The smallest absolute Gasteiger partial charge is 0.00946 e. The molecule has 2 rings (SSSR count). The van der Waals surface area contributed by atoms with Gasteiger partial charge in [0.1, 0.15) is 0 Å². The number of likely N-dealkylation sites (tertiary alicyclic amines) is 2. The van der Waals surface area contributed by atoms with Crippen molar-refractivity contribution in [1.29, 1.82) is 0 Å². The molecule has 2 fully saturated rings. The van der Waals surface area contributed by atoms with Crippen LogP contribution in [0.3, 0.4) is 0 Å². The summed E-state index contributed by atoms with van der Waals surface area (Å²) < 4.78 is 0. The number of piperidine rings is 2. The summed E-state index contributed by atoms with van der Waals surface area (Å²) in [5, 5.41) is 0. The summed E-state index contributed by atoms with van der Waals surface area (Å²) in [5.41, 5.74) is 0. The molecule has 0 N–H and O–H groups in total. The largest absolute Gasteiger partial charge is 0.306 e. The Morgan fingerprint density at radius 2 is 1.38 bits per heavy atom. The van der Waals surface area contributed by atoms with Gasteiger partial charge >= 0.3 is 0 Å². The van der Waals surface area contributed by atoms with Crippen LogP contribution < -0.4 is 0 Å². The molecule has 0 unspecified atom stereocenters. The molecule has 0 spiro atoms. The fourth-order valence-electron chi connectivity index (χ4n) is 3.04. The zero-order valence-electron chi connectivity index (χ0n) is 15.8.